The van der Waals surface area contributed by atoms with Gasteiger partial charge in [-0.15, -0.1) is 11.3 Å². The average Bonchev–Trinajstić information content (AvgIpc) is 3.60. The first-order valence-electron chi connectivity index (χ1n) is 12.1. The third-order valence-corrected chi connectivity index (χ3v) is 7.72. The van der Waals surface area contributed by atoms with Crippen LogP contribution in [-0.4, -0.2) is 33.7 Å². The van der Waals surface area contributed by atoms with Crippen molar-refractivity contribution >= 4 is 28.5 Å². The molecule has 1 aliphatic rings. The van der Waals surface area contributed by atoms with Crippen LogP contribution in [0.3, 0.4) is 0 Å². The Balaban J connectivity index is 1.38. The van der Waals surface area contributed by atoms with E-state index in [2.05, 4.69) is 17.0 Å². The number of ether oxygens (including phenoxy) is 3. The fourth-order valence-electron chi connectivity index (χ4n) is 4.86. The van der Waals surface area contributed by atoms with Crippen LogP contribution in [0.4, 0.5) is 11.4 Å². The molecule has 1 aromatic heterocycles. The normalized spacial score (nSPS) is 12.4. The van der Waals surface area contributed by atoms with Gasteiger partial charge in [-0.25, -0.2) is 0 Å². The van der Waals surface area contributed by atoms with Gasteiger partial charge in [0, 0.05) is 41.3 Å². The zero-order valence-corrected chi connectivity index (χ0v) is 22.1. The summed E-state index contributed by atoms with van der Waals surface area (Å²) < 4.78 is 16.5. The highest BCUT2D eigenvalue weighted by Crippen LogP contribution is 2.39. The zero-order valence-electron chi connectivity index (χ0n) is 21.2. The molecule has 5 rings (SSSR count). The fraction of sp³-hybridized carbons (Fsp3) is 0.233. The van der Waals surface area contributed by atoms with Gasteiger partial charge in [-0.05, 0) is 70.5 Å². The number of carbonyl (C=O) groups is 1. The maximum absolute atomic E-state index is 13.3. The van der Waals surface area contributed by atoms with Gasteiger partial charge in [-0.3, -0.25) is 4.79 Å². The summed E-state index contributed by atoms with van der Waals surface area (Å²) in [6.07, 6.45) is 1.20. The molecule has 0 atom stereocenters. The summed E-state index contributed by atoms with van der Waals surface area (Å²) >= 11 is 1.67. The van der Waals surface area contributed by atoms with Gasteiger partial charge < -0.3 is 24.8 Å². The van der Waals surface area contributed by atoms with Crippen molar-refractivity contribution < 1.29 is 19.0 Å². The Hall–Kier alpha value is -3.97. The molecule has 37 heavy (non-hydrogen) atoms. The highest BCUT2D eigenvalue weighted by molar-refractivity contribution is 7.13. The number of carbonyl (C=O) groups excluding carboxylic acids is 1. The molecular formula is C30H30N2O4S. The Morgan fingerprint density at radius 3 is 2.43 bits per heavy atom. The van der Waals surface area contributed by atoms with Crippen LogP contribution in [0.15, 0.2) is 66.0 Å². The van der Waals surface area contributed by atoms with E-state index in [1.807, 2.05) is 53.9 Å². The van der Waals surface area contributed by atoms with E-state index < -0.39 is 0 Å². The predicted molar refractivity (Wildman–Crippen MR) is 149 cm³/mol. The molecule has 0 saturated heterocycles. The first-order valence-corrected chi connectivity index (χ1v) is 13.0. The van der Waals surface area contributed by atoms with Gasteiger partial charge in [0.25, 0.3) is 0 Å². The van der Waals surface area contributed by atoms with Crippen molar-refractivity contribution in [2.24, 2.45) is 0 Å². The minimum atomic E-state index is 0.0532. The molecule has 4 aromatic rings. The molecule has 7 heteroatoms. The second-order valence-corrected chi connectivity index (χ2v) is 9.99. The lowest BCUT2D eigenvalue weighted by Gasteiger charge is -2.22. The van der Waals surface area contributed by atoms with Crippen LogP contribution in [0.25, 0.3) is 10.4 Å². The molecule has 0 saturated carbocycles. The SMILES string of the molecule is COc1cc(CN2CCc3ccc(C(=O)Cc4cc(-c5cccs5)ccc4N)cc32)cc(OC)c1OC. The summed E-state index contributed by atoms with van der Waals surface area (Å²) in [6.45, 7) is 1.54. The molecule has 0 amide bonds. The summed E-state index contributed by atoms with van der Waals surface area (Å²) in [7, 11) is 4.83. The van der Waals surface area contributed by atoms with Crippen LogP contribution in [-0.2, 0) is 19.4 Å². The number of thiophene rings is 1. The smallest absolute Gasteiger partial charge is 0.203 e. The Kier molecular flexibility index (Phi) is 7.06. The standard InChI is InChI=1S/C30H30N2O4S/c1-34-27-13-19(14-28(35-2)30(27)36-3)18-32-11-10-20-6-7-21(16-25(20)32)26(33)17-23-15-22(8-9-24(23)31)29-5-4-12-37-29/h4-9,12-16H,10-11,17-18,31H2,1-3H3. The minimum Gasteiger partial charge on any atom is -0.493 e. The van der Waals surface area contributed by atoms with Gasteiger partial charge in [0.05, 0.1) is 21.3 Å². The van der Waals surface area contributed by atoms with Crippen LogP contribution in [0, 0.1) is 0 Å². The number of hydrogen-bond acceptors (Lipinski definition) is 7. The van der Waals surface area contributed by atoms with Gasteiger partial charge >= 0.3 is 0 Å². The van der Waals surface area contributed by atoms with Crippen molar-refractivity contribution in [3.63, 3.8) is 0 Å². The van der Waals surface area contributed by atoms with Crippen molar-refractivity contribution in [2.75, 3.05) is 38.5 Å². The molecule has 6 nitrogen and oxygen atoms in total. The van der Waals surface area contributed by atoms with Crippen LogP contribution in [0.2, 0.25) is 0 Å². The number of nitrogen functional groups attached to an aromatic ring is 1. The third kappa shape index (κ3) is 5.00. The maximum atomic E-state index is 13.3. The van der Waals surface area contributed by atoms with E-state index in [4.69, 9.17) is 19.9 Å². The van der Waals surface area contributed by atoms with E-state index in [0.717, 1.165) is 40.2 Å². The highest BCUT2D eigenvalue weighted by Gasteiger charge is 2.23. The lowest BCUT2D eigenvalue weighted by Crippen LogP contribution is -2.20. The number of rotatable bonds is 9. The molecular weight excluding hydrogens is 484 g/mol. The van der Waals surface area contributed by atoms with E-state index >= 15 is 0 Å². The first-order chi connectivity index (χ1) is 18.0. The molecule has 0 spiro atoms. The number of Topliss-reactive ketones (excluding diaryl/α,β-unsaturated/α-hetero) is 1. The second-order valence-electron chi connectivity index (χ2n) is 9.04. The van der Waals surface area contributed by atoms with Crippen molar-refractivity contribution in [2.45, 2.75) is 19.4 Å². The highest BCUT2D eigenvalue weighted by atomic mass is 32.1. The minimum absolute atomic E-state index is 0.0532. The van der Waals surface area contributed by atoms with Gasteiger partial charge in [-0.2, -0.15) is 0 Å². The van der Waals surface area contributed by atoms with E-state index in [-0.39, 0.29) is 12.2 Å². The number of fused-ring (bicyclic) bond motifs is 1. The molecule has 0 unspecified atom stereocenters. The van der Waals surface area contributed by atoms with Crippen LogP contribution in [0.1, 0.15) is 27.0 Å². The zero-order chi connectivity index (χ0) is 25.9. The summed E-state index contributed by atoms with van der Waals surface area (Å²) in [5.74, 6) is 1.88. The molecule has 190 valence electrons. The van der Waals surface area contributed by atoms with Crippen LogP contribution in [0.5, 0.6) is 17.2 Å². The Labute approximate surface area is 221 Å². The van der Waals surface area contributed by atoms with Crippen LogP contribution >= 0.6 is 11.3 Å². The topological polar surface area (TPSA) is 74.0 Å². The lowest BCUT2D eigenvalue weighted by atomic mass is 9.98. The summed E-state index contributed by atoms with van der Waals surface area (Å²) in [5, 5.41) is 2.05. The van der Waals surface area contributed by atoms with Gasteiger partial charge in [0.15, 0.2) is 17.3 Å². The summed E-state index contributed by atoms with van der Waals surface area (Å²) in [5.41, 5.74) is 12.9. The Morgan fingerprint density at radius 1 is 0.973 bits per heavy atom. The molecule has 1 aliphatic heterocycles. The number of benzene rings is 3. The monoisotopic (exact) mass is 514 g/mol. The Morgan fingerprint density at radius 2 is 1.76 bits per heavy atom. The molecule has 0 bridgehead atoms. The van der Waals surface area contributed by atoms with Crippen molar-refractivity contribution in [1.29, 1.82) is 0 Å². The second kappa shape index (κ2) is 10.6. The predicted octanol–water partition coefficient (Wildman–Crippen LogP) is 6.01. The summed E-state index contributed by atoms with van der Waals surface area (Å²) in [4.78, 5) is 16.8. The number of nitrogens with two attached hydrogens (primary N) is 1. The Bertz CT molecular complexity index is 1410. The summed E-state index contributed by atoms with van der Waals surface area (Å²) in [6, 6.07) is 20.0. The van der Waals surface area contributed by atoms with E-state index in [9.17, 15) is 4.79 Å². The number of anilines is 2. The van der Waals surface area contributed by atoms with E-state index in [1.54, 1.807) is 32.7 Å². The van der Waals surface area contributed by atoms with Crippen LogP contribution < -0.4 is 24.8 Å². The maximum Gasteiger partial charge on any atom is 0.203 e. The first kappa shape index (κ1) is 24.7. The molecule has 2 heterocycles. The molecule has 0 fully saturated rings. The van der Waals surface area contributed by atoms with E-state index in [1.165, 1.54) is 5.56 Å². The van der Waals surface area contributed by atoms with Crippen molar-refractivity contribution in [3.05, 3.63) is 88.3 Å². The third-order valence-electron chi connectivity index (χ3n) is 6.80. The van der Waals surface area contributed by atoms with E-state index in [0.29, 0.717) is 35.0 Å². The molecule has 2 N–H and O–H groups in total. The average molecular weight is 515 g/mol. The number of hydrogen-bond donors (Lipinski definition) is 1. The lowest BCUT2D eigenvalue weighted by molar-refractivity contribution is 0.0993. The fourth-order valence-corrected chi connectivity index (χ4v) is 5.58. The number of nitrogens with zero attached hydrogens (tertiary/aromatic N) is 1. The van der Waals surface area contributed by atoms with Crippen molar-refractivity contribution in [3.8, 4) is 27.7 Å². The molecule has 0 radical (unpaired) electrons. The quantitative estimate of drug-likeness (QED) is 0.218. The largest absolute Gasteiger partial charge is 0.493 e. The molecule has 3 aromatic carbocycles. The number of methoxy groups -OCH3 is 3. The van der Waals surface area contributed by atoms with Gasteiger partial charge in [0.2, 0.25) is 5.75 Å². The van der Waals surface area contributed by atoms with Crippen molar-refractivity contribution in [1.82, 2.24) is 0 Å². The van der Waals surface area contributed by atoms with Gasteiger partial charge in [-0.1, -0.05) is 24.3 Å². The molecule has 0 aliphatic carbocycles. The number of ketones is 1. The van der Waals surface area contributed by atoms with Gasteiger partial charge in [0.1, 0.15) is 0 Å².